The third-order valence-corrected chi connectivity index (χ3v) is 6.59. The summed E-state index contributed by atoms with van der Waals surface area (Å²) in [7, 11) is 1.26. The van der Waals surface area contributed by atoms with Gasteiger partial charge in [0.1, 0.15) is 0 Å². The number of hydrogen-bond donors (Lipinski definition) is 2. The number of aliphatic imine (C=N–C) groups is 1. The highest BCUT2D eigenvalue weighted by Gasteiger charge is 2.20. The van der Waals surface area contributed by atoms with Crippen LogP contribution >= 0.6 is 11.3 Å². The minimum Gasteiger partial charge on any atom is -0.356 e. The van der Waals surface area contributed by atoms with Crippen molar-refractivity contribution < 1.29 is 8.42 Å². The topological polar surface area (TPSA) is 86.7 Å². The molecule has 0 aliphatic heterocycles. The number of rotatable bonds is 7. The van der Waals surface area contributed by atoms with E-state index >= 15 is 0 Å². The molecule has 1 heterocycles. The lowest BCUT2D eigenvalue weighted by molar-refractivity contribution is 0.519. The van der Waals surface area contributed by atoms with Gasteiger partial charge >= 0.3 is 0 Å². The lowest BCUT2D eigenvalue weighted by atomic mass is 10.2. The summed E-state index contributed by atoms with van der Waals surface area (Å²) in [5.41, 5.74) is 0.694. The fourth-order valence-electron chi connectivity index (χ4n) is 2.30. The molecule has 0 spiro atoms. The average molecular weight is 396 g/mol. The lowest BCUT2D eigenvalue weighted by Crippen LogP contribution is -2.38. The number of nitrogens with one attached hydrogen (secondary N) is 2. The van der Waals surface area contributed by atoms with E-state index in [9.17, 15) is 8.42 Å². The van der Waals surface area contributed by atoms with Gasteiger partial charge in [-0.05, 0) is 18.6 Å². The highest BCUT2D eigenvalue weighted by molar-refractivity contribution is 7.89. The first kappa shape index (κ1) is 20.3. The normalized spacial score (nSPS) is 12.4. The van der Waals surface area contributed by atoms with Crippen LogP contribution in [0, 0.1) is 6.92 Å². The predicted molar refractivity (Wildman–Crippen MR) is 106 cm³/mol. The summed E-state index contributed by atoms with van der Waals surface area (Å²) in [6.45, 7) is 3.10. The van der Waals surface area contributed by atoms with Crippen molar-refractivity contribution in [1.82, 2.24) is 19.9 Å². The van der Waals surface area contributed by atoms with E-state index in [0.717, 1.165) is 11.4 Å². The third kappa shape index (κ3) is 5.26. The summed E-state index contributed by atoms with van der Waals surface area (Å²) in [5.74, 6) is 0.621. The Hall–Kier alpha value is -1.97. The number of sulfonamides is 1. The van der Waals surface area contributed by atoms with Crippen LogP contribution in [-0.2, 0) is 23.0 Å². The second-order valence-corrected chi connectivity index (χ2v) is 9.30. The molecule has 2 rings (SSSR count). The monoisotopic (exact) mass is 395 g/mol. The Labute approximate surface area is 159 Å². The fourth-order valence-corrected chi connectivity index (χ4v) is 4.20. The van der Waals surface area contributed by atoms with Gasteiger partial charge in [0.05, 0.1) is 9.90 Å². The number of nitrogens with zero attached hydrogens (tertiary/aromatic N) is 3. The molecule has 0 bridgehead atoms. The van der Waals surface area contributed by atoms with E-state index in [4.69, 9.17) is 0 Å². The second kappa shape index (κ2) is 9.11. The summed E-state index contributed by atoms with van der Waals surface area (Å²) >= 11 is 1.68. The van der Waals surface area contributed by atoms with Crippen LogP contribution in [0.3, 0.4) is 0 Å². The number of guanidine groups is 1. The van der Waals surface area contributed by atoms with Gasteiger partial charge in [0.25, 0.3) is 0 Å². The molecule has 0 saturated heterocycles. The minimum absolute atomic E-state index is 0.297. The zero-order valence-corrected chi connectivity index (χ0v) is 17.1. The minimum atomic E-state index is -3.49. The number of benzene rings is 1. The Morgan fingerprint density at radius 2 is 2.00 bits per heavy atom. The van der Waals surface area contributed by atoms with Crippen LogP contribution < -0.4 is 10.6 Å². The molecule has 2 aromatic rings. The van der Waals surface area contributed by atoms with Gasteiger partial charge in [0.15, 0.2) is 5.96 Å². The highest BCUT2D eigenvalue weighted by Crippen LogP contribution is 2.18. The number of aromatic nitrogens is 1. The maximum absolute atomic E-state index is 12.4. The zero-order valence-electron chi connectivity index (χ0n) is 15.5. The predicted octanol–water partition coefficient (Wildman–Crippen LogP) is 1.61. The molecular weight excluding hydrogens is 370 g/mol. The molecule has 0 radical (unpaired) electrons. The molecule has 0 atom stereocenters. The first-order chi connectivity index (χ1) is 12.3. The van der Waals surface area contributed by atoms with Crippen molar-refractivity contribution in [3.05, 3.63) is 45.9 Å². The van der Waals surface area contributed by atoms with E-state index < -0.39 is 10.0 Å². The molecule has 2 N–H and O–H groups in total. The van der Waals surface area contributed by atoms with E-state index in [0.29, 0.717) is 29.5 Å². The first-order valence-electron chi connectivity index (χ1n) is 8.21. The van der Waals surface area contributed by atoms with Crippen molar-refractivity contribution in [2.45, 2.75) is 24.8 Å². The summed E-state index contributed by atoms with van der Waals surface area (Å²) < 4.78 is 26.1. The molecule has 1 aromatic carbocycles. The van der Waals surface area contributed by atoms with Gasteiger partial charge in [-0.25, -0.2) is 17.7 Å². The Morgan fingerprint density at radius 1 is 1.27 bits per heavy atom. The van der Waals surface area contributed by atoms with Crippen LogP contribution in [-0.4, -0.2) is 51.4 Å². The van der Waals surface area contributed by atoms with Gasteiger partial charge in [0.2, 0.25) is 10.0 Å². The van der Waals surface area contributed by atoms with Gasteiger partial charge in [-0.3, -0.25) is 4.99 Å². The smallest absolute Gasteiger partial charge is 0.242 e. The fraction of sp³-hybridized carbons (Fsp3) is 0.412. The molecular formula is C17H25N5O2S2. The molecule has 0 fully saturated rings. The van der Waals surface area contributed by atoms with E-state index in [-0.39, 0.29) is 0 Å². The van der Waals surface area contributed by atoms with Gasteiger partial charge < -0.3 is 10.6 Å². The van der Waals surface area contributed by atoms with Crippen LogP contribution in [0.25, 0.3) is 0 Å². The molecule has 9 heteroatoms. The van der Waals surface area contributed by atoms with E-state index in [1.165, 1.54) is 23.3 Å². The summed E-state index contributed by atoms with van der Waals surface area (Å²) in [4.78, 5) is 10.0. The standard InChI is InChI=1S/C17H25N5O2S2/c1-13-11-20-16(25-13)9-10-19-17(18-2)21-12-14-7-5-6-8-15(14)26(23,24)22(3)4/h5-8,11H,9-10,12H2,1-4H3,(H2,18,19,21). The second-order valence-electron chi connectivity index (χ2n) is 5.86. The largest absolute Gasteiger partial charge is 0.356 e. The van der Waals surface area contributed by atoms with E-state index in [1.54, 1.807) is 36.6 Å². The van der Waals surface area contributed by atoms with Crippen molar-refractivity contribution in [3.63, 3.8) is 0 Å². The Morgan fingerprint density at radius 3 is 2.62 bits per heavy atom. The van der Waals surface area contributed by atoms with Crippen molar-refractivity contribution >= 4 is 27.3 Å². The highest BCUT2D eigenvalue weighted by atomic mass is 32.2. The van der Waals surface area contributed by atoms with Gasteiger partial charge in [-0.15, -0.1) is 11.3 Å². The number of aryl methyl sites for hydroxylation is 1. The quantitative estimate of drug-likeness (QED) is 0.549. The van der Waals surface area contributed by atoms with Crippen LogP contribution in [0.15, 0.2) is 40.4 Å². The van der Waals surface area contributed by atoms with E-state index in [1.807, 2.05) is 19.2 Å². The first-order valence-corrected chi connectivity index (χ1v) is 10.5. The van der Waals surface area contributed by atoms with Crippen LogP contribution in [0.5, 0.6) is 0 Å². The maximum atomic E-state index is 12.4. The van der Waals surface area contributed by atoms with Gasteiger partial charge in [-0.2, -0.15) is 0 Å². The molecule has 0 aliphatic carbocycles. The molecule has 1 aromatic heterocycles. The average Bonchev–Trinajstić information content (AvgIpc) is 3.03. The Kier molecular flexibility index (Phi) is 7.13. The van der Waals surface area contributed by atoms with Crippen LogP contribution in [0.1, 0.15) is 15.4 Å². The Balaban J connectivity index is 1.96. The molecule has 0 amide bonds. The van der Waals surface area contributed by atoms with Crippen LogP contribution in [0.4, 0.5) is 0 Å². The zero-order chi connectivity index (χ0) is 19.2. The van der Waals surface area contributed by atoms with Crippen molar-refractivity contribution in [3.8, 4) is 0 Å². The number of thiazole rings is 1. The Bertz CT molecular complexity index is 860. The van der Waals surface area contributed by atoms with Crippen LogP contribution in [0.2, 0.25) is 0 Å². The van der Waals surface area contributed by atoms with E-state index in [2.05, 4.69) is 20.6 Å². The summed E-state index contributed by atoms with van der Waals surface area (Å²) in [6.07, 6.45) is 2.68. The molecule has 0 saturated carbocycles. The van der Waals surface area contributed by atoms with Crippen molar-refractivity contribution in [1.29, 1.82) is 0 Å². The van der Waals surface area contributed by atoms with Gasteiger partial charge in [0, 0.05) is 51.7 Å². The SMILES string of the molecule is CN=C(NCCc1ncc(C)s1)NCc1ccccc1S(=O)(=O)N(C)C. The summed E-state index contributed by atoms with van der Waals surface area (Å²) in [5, 5.41) is 7.47. The molecule has 0 aliphatic rings. The van der Waals surface area contributed by atoms with Gasteiger partial charge in [-0.1, -0.05) is 18.2 Å². The maximum Gasteiger partial charge on any atom is 0.242 e. The van der Waals surface area contributed by atoms with Crippen molar-refractivity contribution in [2.24, 2.45) is 4.99 Å². The third-order valence-electron chi connectivity index (χ3n) is 3.70. The van der Waals surface area contributed by atoms with Crippen molar-refractivity contribution in [2.75, 3.05) is 27.7 Å². The summed E-state index contributed by atoms with van der Waals surface area (Å²) in [6, 6.07) is 6.97. The molecule has 7 nitrogen and oxygen atoms in total. The molecule has 142 valence electrons. The molecule has 26 heavy (non-hydrogen) atoms. The molecule has 0 unspecified atom stereocenters. The number of hydrogen-bond acceptors (Lipinski definition) is 5. The lowest BCUT2D eigenvalue weighted by Gasteiger charge is -2.16.